The van der Waals surface area contributed by atoms with Crippen molar-refractivity contribution >= 4 is 5.91 Å². The first-order valence-corrected chi connectivity index (χ1v) is 6.79. The molecule has 1 atom stereocenters. The van der Waals surface area contributed by atoms with Crippen molar-refractivity contribution in [3.8, 4) is 0 Å². The number of nitrogens with zero attached hydrogens (tertiary/aromatic N) is 1. The van der Waals surface area contributed by atoms with Crippen molar-refractivity contribution in [2.45, 2.75) is 25.5 Å². The average Bonchev–Trinajstić information content (AvgIpc) is 2.48. The Hall–Kier alpha value is -1.39. The molecule has 1 unspecified atom stereocenters. The molecule has 1 aliphatic rings. The molecule has 1 amide bonds. The summed E-state index contributed by atoms with van der Waals surface area (Å²) in [5, 5.41) is 3.26. The first-order chi connectivity index (χ1) is 9.24. The number of nitrogens with one attached hydrogen (secondary N) is 1. The molecule has 4 nitrogen and oxygen atoms in total. The molecule has 0 aromatic heterocycles. The summed E-state index contributed by atoms with van der Waals surface area (Å²) in [7, 11) is 3.63. The van der Waals surface area contributed by atoms with Gasteiger partial charge in [0.1, 0.15) is 0 Å². The fourth-order valence-electron chi connectivity index (χ4n) is 2.49. The summed E-state index contributed by atoms with van der Waals surface area (Å²) in [6, 6.07) is 8.11. The van der Waals surface area contributed by atoms with Crippen molar-refractivity contribution in [2.24, 2.45) is 0 Å². The van der Waals surface area contributed by atoms with Gasteiger partial charge in [0, 0.05) is 31.8 Å². The van der Waals surface area contributed by atoms with Crippen LogP contribution in [0.25, 0.3) is 0 Å². The van der Waals surface area contributed by atoms with E-state index in [2.05, 4.69) is 5.32 Å². The Morgan fingerprint density at radius 2 is 2.16 bits per heavy atom. The molecular weight excluding hydrogens is 240 g/mol. The Kier molecular flexibility index (Phi) is 4.93. The van der Waals surface area contributed by atoms with Crippen LogP contribution in [-0.2, 0) is 11.3 Å². The van der Waals surface area contributed by atoms with E-state index in [1.54, 1.807) is 7.11 Å². The van der Waals surface area contributed by atoms with Crippen LogP contribution >= 0.6 is 0 Å². The van der Waals surface area contributed by atoms with E-state index in [1.165, 1.54) is 0 Å². The van der Waals surface area contributed by atoms with Crippen molar-refractivity contribution in [1.29, 1.82) is 0 Å². The molecule has 1 heterocycles. The fourth-order valence-corrected chi connectivity index (χ4v) is 2.49. The summed E-state index contributed by atoms with van der Waals surface area (Å²) >= 11 is 0. The number of piperidine rings is 1. The third kappa shape index (κ3) is 3.55. The number of benzene rings is 1. The highest BCUT2D eigenvalue weighted by atomic mass is 16.5. The van der Waals surface area contributed by atoms with Crippen LogP contribution in [0.15, 0.2) is 24.3 Å². The number of likely N-dealkylation sites (N-methyl/N-ethyl adjacent to an activating group) is 1. The third-order valence-electron chi connectivity index (χ3n) is 3.63. The maximum atomic E-state index is 12.4. The zero-order chi connectivity index (χ0) is 13.7. The number of amides is 1. The predicted octanol–water partition coefficient (Wildman–Crippen LogP) is 1.66. The molecule has 0 bridgehead atoms. The van der Waals surface area contributed by atoms with Crippen LogP contribution in [0.2, 0.25) is 0 Å². The molecule has 104 valence electrons. The Morgan fingerprint density at radius 1 is 1.42 bits per heavy atom. The van der Waals surface area contributed by atoms with E-state index in [4.69, 9.17) is 4.74 Å². The van der Waals surface area contributed by atoms with E-state index in [-0.39, 0.29) is 5.91 Å². The molecule has 0 spiro atoms. The number of carbonyl (C=O) groups is 1. The molecule has 1 aliphatic heterocycles. The van der Waals surface area contributed by atoms with Crippen molar-refractivity contribution in [3.05, 3.63) is 35.4 Å². The lowest BCUT2D eigenvalue weighted by Gasteiger charge is -2.32. The smallest absolute Gasteiger partial charge is 0.253 e. The lowest BCUT2D eigenvalue weighted by Crippen LogP contribution is -2.46. The van der Waals surface area contributed by atoms with Gasteiger partial charge in [-0.2, -0.15) is 0 Å². The predicted molar refractivity (Wildman–Crippen MR) is 75.1 cm³/mol. The molecule has 4 heteroatoms. The second-order valence-corrected chi connectivity index (χ2v) is 5.01. The van der Waals surface area contributed by atoms with E-state index in [0.717, 1.165) is 37.1 Å². The second-order valence-electron chi connectivity index (χ2n) is 5.01. The van der Waals surface area contributed by atoms with Crippen LogP contribution in [0, 0.1) is 0 Å². The maximum absolute atomic E-state index is 12.4. The maximum Gasteiger partial charge on any atom is 0.253 e. The summed E-state index contributed by atoms with van der Waals surface area (Å²) < 4.78 is 5.07. The van der Waals surface area contributed by atoms with Crippen LogP contribution < -0.4 is 5.32 Å². The average molecular weight is 262 g/mol. The number of methoxy groups -OCH3 is 1. The molecule has 1 aromatic carbocycles. The second kappa shape index (κ2) is 6.68. The van der Waals surface area contributed by atoms with Crippen LogP contribution in [-0.4, -0.2) is 44.1 Å². The Morgan fingerprint density at radius 3 is 2.79 bits per heavy atom. The van der Waals surface area contributed by atoms with Gasteiger partial charge in [0.05, 0.1) is 6.61 Å². The first kappa shape index (κ1) is 14.0. The van der Waals surface area contributed by atoms with Crippen molar-refractivity contribution < 1.29 is 9.53 Å². The van der Waals surface area contributed by atoms with Gasteiger partial charge in [-0.1, -0.05) is 12.1 Å². The number of ether oxygens (including phenoxy) is 1. The number of likely N-dealkylation sites (tertiary alicyclic amines) is 1. The number of hydrogen-bond acceptors (Lipinski definition) is 3. The molecular formula is C15H22N2O2. The standard InChI is InChI=1S/C15H22N2O2/c1-16-14-4-3-9-17(10-14)15(18)13-7-5-12(6-8-13)11-19-2/h5-8,14,16H,3-4,9-11H2,1-2H3. The molecule has 1 saturated heterocycles. The summed E-state index contributed by atoms with van der Waals surface area (Å²) in [6.45, 7) is 2.24. The highest BCUT2D eigenvalue weighted by Crippen LogP contribution is 2.14. The molecule has 1 N–H and O–H groups in total. The normalized spacial score (nSPS) is 19.5. The van der Waals surface area contributed by atoms with Gasteiger partial charge in [-0.05, 0) is 37.6 Å². The molecule has 0 radical (unpaired) electrons. The SMILES string of the molecule is CNC1CCCN(C(=O)c2ccc(COC)cc2)C1. The molecule has 2 rings (SSSR count). The van der Waals surface area contributed by atoms with E-state index < -0.39 is 0 Å². The Labute approximate surface area is 114 Å². The molecule has 1 fully saturated rings. The quantitative estimate of drug-likeness (QED) is 0.897. The van der Waals surface area contributed by atoms with Crippen LogP contribution in [0.1, 0.15) is 28.8 Å². The zero-order valence-electron chi connectivity index (χ0n) is 11.7. The van der Waals surface area contributed by atoms with Crippen molar-refractivity contribution in [1.82, 2.24) is 10.2 Å². The van der Waals surface area contributed by atoms with Gasteiger partial charge in [-0.15, -0.1) is 0 Å². The van der Waals surface area contributed by atoms with Crippen molar-refractivity contribution in [2.75, 3.05) is 27.2 Å². The number of rotatable bonds is 4. The summed E-state index contributed by atoms with van der Waals surface area (Å²) in [4.78, 5) is 14.3. The highest BCUT2D eigenvalue weighted by molar-refractivity contribution is 5.94. The lowest BCUT2D eigenvalue weighted by atomic mass is 10.0. The summed E-state index contributed by atoms with van der Waals surface area (Å²) in [5.41, 5.74) is 1.85. The number of carbonyl (C=O) groups excluding carboxylic acids is 1. The molecule has 0 saturated carbocycles. The summed E-state index contributed by atoms with van der Waals surface area (Å²) in [6.07, 6.45) is 2.21. The van der Waals surface area contributed by atoms with Crippen LogP contribution in [0.3, 0.4) is 0 Å². The Balaban J connectivity index is 2.02. The third-order valence-corrected chi connectivity index (χ3v) is 3.63. The van der Waals surface area contributed by atoms with E-state index in [9.17, 15) is 4.79 Å². The van der Waals surface area contributed by atoms with E-state index in [0.29, 0.717) is 12.6 Å². The van der Waals surface area contributed by atoms with Crippen molar-refractivity contribution in [3.63, 3.8) is 0 Å². The van der Waals surface area contributed by atoms with Gasteiger partial charge in [0.25, 0.3) is 5.91 Å². The summed E-state index contributed by atoms with van der Waals surface area (Å²) in [5.74, 6) is 0.129. The lowest BCUT2D eigenvalue weighted by molar-refractivity contribution is 0.0698. The molecule has 1 aromatic rings. The minimum absolute atomic E-state index is 0.129. The van der Waals surface area contributed by atoms with Gasteiger partial charge >= 0.3 is 0 Å². The van der Waals surface area contributed by atoms with E-state index in [1.807, 2.05) is 36.2 Å². The van der Waals surface area contributed by atoms with Gasteiger partial charge in [0.15, 0.2) is 0 Å². The largest absolute Gasteiger partial charge is 0.380 e. The molecule has 19 heavy (non-hydrogen) atoms. The number of hydrogen-bond donors (Lipinski definition) is 1. The van der Waals surface area contributed by atoms with Gasteiger partial charge in [0.2, 0.25) is 0 Å². The molecule has 0 aliphatic carbocycles. The minimum atomic E-state index is 0.129. The van der Waals surface area contributed by atoms with Gasteiger partial charge < -0.3 is 15.0 Å². The van der Waals surface area contributed by atoms with Gasteiger partial charge in [-0.3, -0.25) is 4.79 Å². The highest BCUT2D eigenvalue weighted by Gasteiger charge is 2.23. The fraction of sp³-hybridized carbons (Fsp3) is 0.533. The Bertz CT molecular complexity index is 417. The van der Waals surface area contributed by atoms with E-state index >= 15 is 0 Å². The van der Waals surface area contributed by atoms with Crippen LogP contribution in [0.5, 0.6) is 0 Å². The topological polar surface area (TPSA) is 41.6 Å². The van der Waals surface area contributed by atoms with Gasteiger partial charge in [-0.25, -0.2) is 0 Å². The monoisotopic (exact) mass is 262 g/mol. The zero-order valence-corrected chi connectivity index (χ0v) is 11.7. The van der Waals surface area contributed by atoms with Crippen LogP contribution in [0.4, 0.5) is 0 Å². The first-order valence-electron chi connectivity index (χ1n) is 6.79. The minimum Gasteiger partial charge on any atom is -0.380 e.